The molecule has 0 saturated heterocycles. The highest BCUT2D eigenvalue weighted by Gasteiger charge is 2.26. The maximum atomic E-state index is 11.7. The minimum Gasteiger partial charge on any atom is -0.353 e. The van der Waals surface area contributed by atoms with E-state index < -0.39 is 0 Å². The predicted octanol–water partition coefficient (Wildman–Crippen LogP) is 3.70. The van der Waals surface area contributed by atoms with E-state index in [9.17, 15) is 4.79 Å². The smallest absolute Gasteiger partial charge is 0.217 e. The van der Waals surface area contributed by atoms with E-state index >= 15 is 0 Å². The summed E-state index contributed by atoms with van der Waals surface area (Å²) in [7, 11) is 0. The van der Waals surface area contributed by atoms with E-state index in [0.29, 0.717) is 0 Å². The highest BCUT2D eigenvalue weighted by Crippen LogP contribution is 2.38. The number of benzene rings is 2. The normalized spacial score (nSPS) is 17.3. The quantitative estimate of drug-likeness (QED) is 0.543. The van der Waals surface area contributed by atoms with Crippen molar-refractivity contribution in [2.45, 2.75) is 38.8 Å². The molecule has 4 aromatic rings. The lowest BCUT2D eigenvalue weighted by Gasteiger charge is -2.28. The van der Waals surface area contributed by atoms with Gasteiger partial charge in [-0.15, -0.1) is 0 Å². The van der Waals surface area contributed by atoms with Gasteiger partial charge < -0.3 is 5.32 Å². The van der Waals surface area contributed by atoms with Crippen molar-refractivity contribution in [1.82, 2.24) is 20.5 Å². The molecule has 1 atom stereocenters. The van der Waals surface area contributed by atoms with E-state index in [1.165, 1.54) is 27.6 Å². The molecule has 0 radical (unpaired) electrons. The second kappa shape index (κ2) is 6.49. The summed E-state index contributed by atoms with van der Waals surface area (Å²) in [5.41, 5.74) is 9.12. The van der Waals surface area contributed by atoms with E-state index in [1.54, 1.807) is 6.92 Å². The van der Waals surface area contributed by atoms with Crippen molar-refractivity contribution in [2.75, 3.05) is 0 Å². The average Bonchev–Trinajstić information content (AvgIpc) is 3.41. The number of aryl methyl sites for hydroxylation is 1. The summed E-state index contributed by atoms with van der Waals surface area (Å²) in [5, 5.41) is 12.7. The van der Waals surface area contributed by atoms with Crippen molar-refractivity contribution in [3.05, 3.63) is 58.8 Å². The summed E-state index contributed by atoms with van der Waals surface area (Å²) in [6.45, 7) is 2.34. The maximum absolute atomic E-state index is 11.7. The van der Waals surface area contributed by atoms with Crippen LogP contribution in [-0.4, -0.2) is 33.3 Å². The number of aliphatic imine (C=N–C) groups is 1. The van der Waals surface area contributed by atoms with Crippen LogP contribution in [0.25, 0.3) is 33.1 Å². The maximum Gasteiger partial charge on any atom is 0.217 e. The zero-order chi connectivity index (χ0) is 20.2. The van der Waals surface area contributed by atoms with Crippen molar-refractivity contribution < 1.29 is 4.79 Å². The van der Waals surface area contributed by atoms with Crippen LogP contribution in [0.15, 0.2) is 41.5 Å². The van der Waals surface area contributed by atoms with Gasteiger partial charge in [0.2, 0.25) is 5.91 Å². The molecule has 0 saturated carbocycles. The number of fused-ring (bicyclic) bond motifs is 6. The number of nitrogens with zero attached hydrogens (tertiary/aromatic N) is 3. The molecule has 0 bridgehead atoms. The van der Waals surface area contributed by atoms with Crippen LogP contribution in [0.2, 0.25) is 0 Å². The fourth-order valence-corrected chi connectivity index (χ4v) is 4.96. The van der Waals surface area contributed by atoms with Crippen molar-refractivity contribution >= 4 is 33.9 Å². The minimum atomic E-state index is 0.0183. The molecule has 2 aliphatic rings. The summed E-state index contributed by atoms with van der Waals surface area (Å²) < 4.78 is 0. The van der Waals surface area contributed by atoms with Gasteiger partial charge in [-0.3, -0.25) is 14.9 Å². The zero-order valence-electron chi connectivity index (χ0n) is 16.7. The van der Waals surface area contributed by atoms with Crippen LogP contribution in [0, 0.1) is 0 Å². The number of carbonyl (C=O) groups excluding carboxylic acids is 1. The molecule has 1 aliphatic heterocycles. The topological polar surface area (TPSA) is 83.0 Å². The average molecular weight is 395 g/mol. The van der Waals surface area contributed by atoms with Crippen LogP contribution in [0.5, 0.6) is 0 Å². The number of aromatic amines is 1. The number of hydrogen-bond donors (Lipinski definition) is 2. The fraction of sp³-hybridized carbons (Fsp3) is 0.250. The summed E-state index contributed by atoms with van der Waals surface area (Å²) in [5.74, 6) is 0.0183. The Bertz CT molecular complexity index is 1370. The van der Waals surface area contributed by atoms with E-state index in [2.05, 4.69) is 44.8 Å². The largest absolute Gasteiger partial charge is 0.353 e. The molecular formula is C24H21N5O. The monoisotopic (exact) mass is 395 g/mol. The summed E-state index contributed by atoms with van der Waals surface area (Å²) in [6, 6.07) is 10.8. The van der Waals surface area contributed by atoms with Gasteiger partial charge in [-0.25, -0.2) is 4.98 Å². The Hall–Kier alpha value is -3.54. The van der Waals surface area contributed by atoms with Gasteiger partial charge in [-0.2, -0.15) is 5.10 Å². The molecule has 1 aliphatic carbocycles. The molecule has 6 heteroatoms. The lowest BCUT2D eigenvalue weighted by molar-refractivity contribution is -0.119. The molecule has 6 rings (SSSR count). The Labute approximate surface area is 173 Å². The van der Waals surface area contributed by atoms with Crippen molar-refractivity contribution in [2.24, 2.45) is 4.99 Å². The third kappa shape index (κ3) is 2.64. The van der Waals surface area contributed by atoms with Crippen LogP contribution in [0.1, 0.15) is 35.6 Å². The Morgan fingerprint density at radius 2 is 2.13 bits per heavy atom. The first-order valence-corrected chi connectivity index (χ1v) is 10.3. The van der Waals surface area contributed by atoms with Gasteiger partial charge in [0.1, 0.15) is 0 Å². The van der Waals surface area contributed by atoms with E-state index in [1.807, 2.05) is 18.5 Å². The number of nitrogens with one attached hydrogen (secondary N) is 2. The Morgan fingerprint density at radius 1 is 1.20 bits per heavy atom. The Morgan fingerprint density at radius 3 is 3.03 bits per heavy atom. The molecule has 2 aromatic heterocycles. The summed E-state index contributed by atoms with van der Waals surface area (Å²) in [4.78, 5) is 21.2. The molecule has 3 heterocycles. The van der Waals surface area contributed by atoms with Crippen LogP contribution in [-0.2, 0) is 24.2 Å². The summed E-state index contributed by atoms with van der Waals surface area (Å²) >= 11 is 0. The van der Waals surface area contributed by atoms with Crippen LogP contribution >= 0.6 is 0 Å². The van der Waals surface area contributed by atoms with Crippen molar-refractivity contribution in [1.29, 1.82) is 0 Å². The van der Waals surface area contributed by atoms with Gasteiger partial charge in [0.15, 0.2) is 0 Å². The number of H-pyrrole nitrogens is 1. The molecule has 6 nitrogen and oxygen atoms in total. The van der Waals surface area contributed by atoms with Crippen LogP contribution in [0.3, 0.4) is 0 Å². The molecule has 0 fully saturated rings. The zero-order valence-corrected chi connectivity index (χ0v) is 16.7. The van der Waals surface area contributed by atoms with Gasteiger partial charge in [0, 0.05) is 35.5 Å². The van der Waals surface area contributed by atoms with Gasteiger partial charge in [0.25, 0.3) is 0 Å². The third-order valence-corrected chi connectivity index (χ3v) is 6.30. The van der Waals surface area contributed by atoms with Gasteiger partial charge in [0.05, 0.1) is 29.5 Å². The first kappa shape index (κ1) is 17.3. The van der Waals surface area contributed by atoms with Gasteiger partial charge in [-0.05, 0) is 59.7 Å². The minimum absolute atomic E-state index is 0.0183. The SMILES string of the molecule is CC(=O)NC1CCc2c(c(-c3ccc4c(c3)C=NC4)nc3ccc4[nH]ncc4c23)C1. The lowest BCUT2D eigenvalue weighted by atomic mass is 9.83. The number of amides is 1. The first-order valence-electron chi connectivity index (χ1n) is 10.3. The number of hydrogen-bond acceptors (Lipinski definition) is 4. The standard InChI is InChI=1S/C24H21N5O/c1-13(30)27-17-4-5-18-19(9-17)24(14-2-3-15-10-25-11-16(15)8-14)28-22-7-6-21-20(23(18)22)12-26-29-21/h2-3,6-8,11-12,17H,4-5,9-10H2,1H3,(H,26,29)(H,27,30). The molecule has 30 heavy (non-hydrogen) atoms. The highest BCUT2D eigenvalue weighted by atomic mass is 16.1. The Kier molecular flexibility index (Phi) is 3.75. The second-order valence-electron chi connectivity index (χ2n) is 8.23. The molecular weight excluding hydrogens is 374 g/mol. The van der Waals surface area contributed by atoms with Crippen molar-refractivity contribution in [3.8, 4) is 11.3 Å². The van der Waals surface area contributed by atoms with Crippen LogP contribution in [0.4, 0.5) is 0 Å². The molecule has 1 amide bonds. The Balaban J connectivity index is 1.61. The first-order chi connectivity index (χ1) is 14.7. The molecule has 2 N–H and O–H groups in total. The lowest BCUT2D eigenvalue weighted by Crippen LogP contribution is -2.37. The van der Waals surface area contributed by atoms with E-state index in [0.717, 1.165) is 53.5 Å². The number of rotatable bonds is 2. The van der Waals surface area contributed by atoms with Gasteiger partial charge in [-0.1, -0.05) is 12.1 Å². The second-order valence-corrected chi connectivity index (χ2v) is 8.23. The molecule has 2 aromatic carbocycles. The molecule has 0 spiro atoms. The number of carbonyl (C=O) groups is 1. The molecule has 148 valence electrons. The fourth-order valence-electron chi connectivity index (χ4n) is 4.96. The highest BCUT2D eigenvalue weighted by molar-refractivity contribution is 6.07. The molecule has 1 unspecified atom stereocenters. The third-order valence-electron chi connectivity index (χ3n) is 6.30. The van der Waals surface area contributed by atoms with E-state index in [-0.39, 0.29) is 11.9 Å². The number of aromatic nitrogens is 3. The van der Waals surface area contributed by atoms with Crippen LogP contribution < -0.4 is 5.32 Å². The van der Waals surface area contributed by atoms with E-state index in [4.69, 9.17) is 4.98 Å². The predicted molar refractivity (Wildman–Crippen MR) is 118 cm³/mol. The van der Waals surface area contributed by atoms with Crippen molar-refractivity contribution in [3.63, 3.8) is 0 Å². The van der Waals surface area contributed by atoms with Gasteiger partial charge >= 0.3 is 0 Å². The number of pyridine rings is 1. The summed E-state index contributed by atoms with van der Waals surface area (Å²) in [6.07, 6.45) is 6.46.